The summed E-state index contributed by atoms with van der Waals surface area (Å²) in [5.74, 6) is 0. The van der Waals surface area contributed by atoms with Gasteiger partial charge in [-0.2, -0.15) is 0 Å². The molecule has 0 fully saturated rings. The van der Waals surface area contributed by atoms with Crippen molar-refractivity contribution in [2.45, 2.75) is 19.4 Å². The van der Waals surface area contributed by atoms with Gasteiger partial charge in [0.2, 0.25) is 0 Å². The predicted octanol–water partition coefficient (Wildman–Crippen LogP) is 0.461. The van der Waals surface area contributed by atoms with E-state index in [0.29, 0.717) is 6.42 Å². The Morgan fingerprint density at radius 3 is 3.11 bits per heavy atom. The molecule has 0 aliphatic heterocycles. The Morgan fingerprint density at radius 2 is 2.67 bits per heavy atom. The van der Waals surface area contributed by atoms with Crippen LogP contribution < -0.4 is 0 Å². The minimum atomic E-state index is -0.311. The molecule has 0 aromatic carbocycles. The monoisotopic (exact) mass is 144 g/mol. The smallest absolute Gasteiger partial charge is 0.0781 e. The lowest BCUT2D eigenvalue weighted by Gasteiger charge is -1.96. The molecule has 1 rings (SSSR count). The maximum Gasteiger partial charge on any atom is 0.0781 e. The molecule has 3 nitrogen and oxygen atoms in total. The Kier molecular flexibility index (Phi) is 2.13. The molecule has 0 saturated heterocycles. The van der Waals surface area contributed by atoms with Gasteiger partial charge in [-0.15, -0.1) is 5.10 Å². The van der Waals surface area contributed by atoms with E-state index in [1.54, 1.807) is 6.92 Å². The number of hydrogen-bond acceptors (Lipinski definition) is 4. The first-order chi connectivity index (χ1) is 4.29. The second-order valence-electron chi connectivity index (χ2n) is 1.95. The maximum absolute atomic E-state index is 8.86. The fourth-order valence-corrected chi connectivity index (χ4v) is 1.04. The molecule has 0 amide bonds. The summed E-state index contributed by atoms with van der Waals surface area (Å²) >= 11 is 1.31. The Balaban J connectivity index is 2.48. The van der Waals surface area contributed by atoms with Crippen LogP contribution in [0, 0.1) is 0 Å². The van der Waals surface area contributed by atoms with Gasteiger partial charge in [-0.1, -0.05) is 4.49 Å². The molecule has 1 aromatic rings. The van der Waals surface area contributed by atoms with Crippen LogP contribution in [0.2, 0.25) is 0 Å². The highest BCUT2D eigenvalue weighted by atomic mass is 32.1. The molecule has 0 spiro atoms. The van der Waals surface area contributed by atoms with Gasteiger partial charge < -0.3 is 5.11 Å². The van der Waals surface area contributed by atoms with Crippen molar-refractivity contribution in [1.82, 2.24) is 9.59 Å². The van der Waals surface area contributed by atoms with Gasteiger partial charge in [0, 0.05) is 11.8 Å². The van der Waals surface area contributed by atoms with E-state index in [4.69, 9.17) is 5.11 Å². The second-order valence-corrected chi connectivity index (χ2v) is 2.56. The lowest BCUT2D eigenvalue weighted by molar-refractivity contribution is 0.194. The summed E-state index contributed by atoms with van der Waals surface area (Å²) in [7, 11) is 0. The van der Waals surface area contributed by atoms with Crippen molar-refractivity contribution in [3.63, 3.8) is 0 Å². The Labute approximate surface area is 57.5 Å². The van der Waals surface area contributed by atoms with Crippen LogP contribution in [0.25, 0.3) is 0 Å². The van der Waals surface area contributed by atoms with Crippen molar-refractivity contribution in [2.75, 3.05) is 0 Å². The van der Waals surface area contributed by atoms with Crippen LogP contribution in [0.3, 0.4) is 0 Å². The Bertz CT molecular complexity index is 161. The van der Waals surface area contributed by atoms with Crippen molar-refractivity contribution in [1.29, 1.82) is 0 Å². The first-order valence-electron chi connectivity index (χ1n) is 2.73. The molecule has 1 aromatic heterocycles. The zero-order chi connectivity index (χ0) is 6.69. The minimum Gasteiger partial charge on any atom is -0.393 e. The molecule has 0 aliphatic rings. The molecule has 1 unspecified atom stereocenters. The number of nitrogens with zero attached hydrogens (tertiary/aromatic N) is 2. The molecule has 0 saturated carbocycles. The molecule has 4 heteroatoms. The van der Waals surface area contributed by atoms with E-state index in [0.717, 1.165) is 5.69 Å². The number of aliphatic hydroxyl groups is 1. The van der Waals surface area contributed by atoms with Crippen LogP contribution in [-0.4, -0.2) is 20.8 Å². The molecule has 1 N–H and O–H groups in total. The molecule has 1 atom stereocenters. The van der Waals surface area contributed by atoms with E-state index >= 15 is 0 Å². The fraction of sp³-hybridized carbons (Fsp3) is 0.600. The number of rotatable bonds is 2. The van der Waals surface area contributed by atoms with E-state index in [2.05, 4.69) is 9.59 Å². The van der Waals surface area contributed by atoms with Crippen molar-refractivity contribution in [3.8, 4) is 0 Å². The molecule has 0 aliphatic carbocycles. The standard InChI is InChI=1S/C5H8N2OS/c1-4(8)2-5-3-9-7-6-5/h3-4,8H,2H2,1H3. The molecule has 50 valence electrons. The van der Waals surface area contributed by atoms with Crippen molar-refractivity contribution < 1.29 is 5.11 Å². The lowest BCUT2D eigenvalue weighted by atomic mass is 10.2. The maximum atomic E-state index is 8.86. The van der Waals surface area contributed by atoms with Gasteiger partial charge in [-0.3, -0.25) is 0 Å². The quantitative estimate of drug-likeness (QED) is 0.656. The molecular formula is C5H8N2OS. The largest absolute Gasteiger partial charge is 0.393 e. The van der Waals surface area contributed by atoms with E-state index in [1.807, 2.05) is 5.38 Å². The summed E-state index contributed by atoms with van der Waals surface area (Å²) in [4.78, 5) is 0. The van der Waals surface area contributed by atoms with Gasteiger partial charge >= 0.3 is 0 Å². The third-order valence-corrected chi connectivity index (χ3v) is 1.46. The third-order valence-electron chi connectivity index (χ3n) is 0.910. The molecule has 0 radical (unpaired) electrons. The minimum absolute atomic E-state index is 0.311. The normalized spacial score (nSPS) is 13.6. The van der Waals surface area contributed by atoms with Gasteiger partial charge in [-0.05, 0) is 18.5 Å². The van der Waals surface area contributed by atoms with E-state index < -0.39 is 0 Å². The summed E-state index contributed by atoms with van der Waals surface area (Å²) in [6.07, 6.45) is 0.296. The average Bonchev–Trinajstić information content (AvgIpc) is 2.15. The van der Waals surface area contributed by atoms with Gasteiger partial charge in [-0.25, -0.2) is 0 Å². The highest BCUT2D eigenvalue weighted by molar-refractivity contribution is 7.03. The van der Waals surface area contributed by atoms with E-state index in [9.17, 15) is 0 Å². The number of aliphatic hydroxyl groups excluding tert-OH is 1. The second kappa shape index (κ2) is 2.89. The van der Waals surface area contributed by atoms with Gasteiger partial charge in [0.25, 0.3) is 0 Å². The topological polar surface area (TPSA) is 46.0 Å². The van der Waals surface area contributed by atoms with Crippen LogP contribution in [-0.2, 0) is 6.42 Å². The van der Waals surface area contributed by atoms with Crippen LogP contribution >= 0.6 is 11.5 Å². The fourth-order valence-electron chi connectivity index (χ4n) is 0.576. The Hall–Kier alpha value is -0.480. The molecule has 1 heterocycles. The van der Waals surface area contributed by atoms with Crippen molar-refractivity contribution in [3.05, 3.63) is 11.1 Å². The zero-order valence-corrected chi connectivity index (χ0v) is 5.93. The summed E-state index contributed by atoms with van der Waals surface area (Å²) in [6.45, 7) is 1.74. The summed E-state index contributed by atoms with van der Waals surface area (Å²) in [5, 5.41) is 14.5. The first kappa shape index (κ1) is 6.64. The van der Waals surface area contributed by atoms with Crippen LogP contribution in [0.4, 0.5) is 0 Å². The highest BCUT2D eigenvalue weighted by Gasteiger charge is 1.99. The lowest BCUT2D eigenvalue weighted by Crippen LogP contribution is -2.03. The predicted molar refractivity (Wildman–Crippen MR) is 35.3 cm³/mol. The molecule has 9 heavy (non-hydrogen) atoms. The van der Waals surface area contributed by atoms with Crippen LogP contribution in [0.15, 0.2) is 5.38 Å². The average molecular weight is 144 g/mol. The van der Waals surface area contributed by atoms with Crippen molar-refractivity contribution in [2.24, 2.45) is 0 Å². The number of aromatic nitrogens is 2. The van der Waals surface area contributed by atoms with Gasteiger partial charge in [0.15, 0.2) is 0 Å². The zero-order valence-electron chi connectivity index (χ0n) is 5.11. The molecule has 0 bridgehead atoms. The Morgan fingerprint density at radius 1 is 1.89 bits per heavy atom. The van der Waals surface area contributed by atoms with Crippen LogP contribution in [0.1, 0.15) is 12.6 Å². The highest BCUT2D eigenvalue weighted by Crippen LogP contribution is 2.00. The molecular weight excluding hydrogens is 136 g/mol. The number of hydrogen-bond donors (Lipinski definition) is 1. The summed E-state index contributed by atoms with van der Waals surface area (Å²) in [5.41, 5.74) is 0.870. The third kappa shape index (κ3) is 2.07. The summed E-state index contributed by atoms with van der Waals surface area (Å²) in [6, 6.07) is 0. The van der Waals surface area contributed by atoms with Gasteiger partial charge in [0.1, 0.15) is 0 Å². The van der Waals surface area contributed by atoms with Gasteiger partial charge in [0.05, 0.1) is 11.8 Å². The van der Waals surface area contributed by atoms with Crippen molar-refractivity contribution >= 4 is 11.5 Å². The SMILES string of the molecule is CC(O)Cc1csnn1. The summed E-state index contributed by atoms with van der Waals surface area (Å²) < 4.78 is 3.66. The van der Waals surface area contributed by atoms with E-state index in [1.165, 1.54) is 11.5 Å². The first-order valence-corrected chi connectivity index (χ1v) is 3.56. The van der Waals surface area contributed by atoms with Crippen LogP contribution in [0.5, 0.6) is 0 Å². The van der Waals surface area contributed by atoms with E-state index in [-0.39, 0.29) is 6.10 Å².